The van der Waals surface area contributed by atoms with Crippen LogP contribution in [0, 0.1) is 6.92 Å². The molecule has 156 valence electrons. The molecule has 1 aromatic heterocycles. The number of rotatable bonds is 8. The SMILES string of the molecule is CC[C@H](CN1CCOCC1)NC(=O)Cc1c(C)nc(-c2ccccc2)nc1OC. The summed E-state index contributed by atoms with van der Waals surface area (Å²) in [5.74, 6) is 1.01. The van der Waals surface area contributed by atoms with Crippen LogP contribution in [0.2, 0.25) is 0 Å². The molecule has 1 aliphatic rings. The van der Waals surface area contributed by atoms with Crippen LogP contribution in [0.4, 0.5) is 0 Å². The van der Waals surface area contributed by atoms with E-state index < -0.39 is 0 Å². The highest BCUT2D eigenvalue weighted by molar-refractivity contribution is 5.80. The van der Waals surface area contributed by atoms with Crippen LogP contribution in [-0.2, 0) is 16.0 Å². The molecule has 2 aromatic rings. The number of carbonyl (C=O) groups excluding carboxylic acids is 1. The van der Waals surface area contributed by atoms with Gasteiger partial charge in [-0.25, -0.2) is 4.98 Å². The molecule has 29 heavy (non-hydrogen) atoms. The third-order valence-electron chi connectivity index (χ3n) is 5.18. The lowest BCUT2D eigenvalue weighted by Crippen LogP contribution is -2.47. The smallest absolute Gasteiger partial charge is 0.224 e. The molecule has 1 atom stereocenters. The predicted octanol–water partition coefficient (Wildman–Crippen LogP) is 2.23. The highest BCUT2D eigenvalue weighted by Gasteiger charge is 2.20. The number of benzene rings is 1. The quantitative estimate of drug-likeness (QED) is 0.735. The van der Waals surface area contributed by atoms with Crippen molar-refractivity contribution in [3.63, 3.8) is 0 Å². The number of hydrogen-bond donors (Lipinski definition) is 1. The number of nitrogens with one attached hydrogen (secondary N) is 1. The number of carbonyl (C=O) groups is 1. The average molecular weight is 399 g/mol. The van der Waals surface area contributed by atoms with Gasteiger partial charge in [0.15, 0.2) is 5.82 Å². The highest BCUT2D eigenvalue weighted by Crippen LogP contribution is 2.24. The first-order valence-corrected chi connectivity index (χ1v) is 10.2. The first kappa shape index (κ1) is 21.2. The lowest BCUT2D eigenvalue weighted by molar-refractivity contribution is -0.121. The van der Waals surface area contributed by atoms with E-state index in [1.165, 1.54) is 0 Å². The third kappa shape index (κ3) is 5.74. The van der Waals surface area contributed by atoms with E-state index in [9.17, 15) is 4.79 Å². The Labute approximate surface area is 172 Å². The van der Waals surface area contributed by atoms with Gasteiger partial charge in [0.05, 0.1) is 26.7 Å². The molecule has 1 fully saturated rings. The van der Waals surface area contributed by atoms with E-state index in [2.05, 4.69) is 27.1 Å². The molecule has 0 unspecified atom stereocenters. The van der Waals surface area contributed by atoms with Crippen LogP contribution in [0.5, 0.6) is 5.88 Å². The van der Waals surface area contributed by atoms with E-state index in [4.69, 9.17) is 9.47 Å². The number of aryl methyl sites for hydroxylation is 1. The second-order valence-electron chi connectivity index (χ2n) is 7.25. The molecule has 0 bridgehead atoms. The molecule has 0 saturated carbocycles. The number of amides is 1. The molecule has 1 amide bonds. The second-order valence-corrected chi connectivity index (χ2v) is 7.25. The van der Waals surface area contributed by atoms with Crippen LogP contribution in [0.25, 0.3) is 11.4 Å². The monoisotopic (exact) mass is 398 g/mol. The molecule has 0 radical (unpaired) electrons. The molecule has 1 saturated heterocycles. The van der Waals surface area contributed by atoms with Gasteiger partial charge in [0.1, 0.15) is 0 Å². The van der Waals surface area contributed by atoms with E-state index in [1.54, 1.807) is 7.11 Å². The molecule has 1 N–H and O–H groups in total. The molecular weight excluding hydrogens is 368 g/mol. The first-order valence-electron chi connectivity index (χ1n) is 10.2. The normalized spacial score (nSPS) is 15.7. The van der Waals surface area contributed by atoms with Crippen LogP contribution >= 0.6 is 0 Å². The van der Waals surface area contributed by atoms with Crippen molar-refractivity contribution in [2.45, 2.75) is 32.7 Å². The van der Waals surface area contributed by atoms with Gasteiger partial charge >= 0.3 is 0 Å². The molecule has 7 nitrogen and oxygen atoms in total. The van der Waals surface area contributed by atoms with Gasteiger partial charge in [0.25, 0.3) is 0 Å². The van der Waals surface area contributed by atoms with Gasteiger partial charge < -0.3 is 14.8 Å². The van der Waals surface area contributed by atoms with Gasteiger partial charge in [0.2, 0.25) is 11.8 Å². The number of methoxy groups -OCH3 is 1. The average Bonchev–Trinajstić information content (AvgIpc) is 2.75. The summed E-state index contributed by atoms with van der Waals surface area (Å²) in [6.45, 7) is 8.16. The Balaban J connectivity index is 1.68. The molecule has 2 heterocycles. The Morgan fingerprint density at radius 2 is 1.97 bits per heavy atom. The number of nitrogens with zero attached hydrogens (tertiary/aromatic N) is 3. The summed E-state index contributed by atoms with van der Waals surface area (Å²) in [6.07, 6.45) is 1.08. The predicted molar refractivity (Wildman–Crippen MR) is 112 cm³/mol. The van der Waals surface area contributed by atoms with Crippen molar-refractivity contribution >= 4 is 5.91 Å². The maximum absolute atomic E-state index is 12.7. The van der Waals surface area contributed by atoms with Crippen LogP contribution in [0.1, 0.15) is 24.6 Å². The number of morpholine rings is 1. The molecule has 1 aromatic carbocycles. The largest absolute Gasteiger partial charge is 0.481 e. The minimum atomic E-state index is -0.0393. The van der Waals surface area contributed by atoms with Crippen molar-refractivity contribution in [1.29, 1.82) is 0 Å². The summed E-state index contributed by atoms with van der Waals surface area (Å²) in [6, 6.07) is 9.86. The van der Waals surface area contributed by atoms with Crippen molar-refractivity contribution in [2.75, 3.05) is 40.0 Å². The Hall–Kier alpha value is -2.51. The Morgan fingerprint density at radius 3 is 2.62 bits per heavy atom. The Kier molecular flexibility index (Phi) is 7.55. The van der Waals surface area contributed by atoms with Crippen LogP contribution < -0.4 is 10.1 Å². The fourth-order valence-corrected chi connectivity index (χ4v) is 3.47. The third-order valence-corrected chi connectivity index (χ3v) is 5.18. The van der Waals surface area contributed by atoms with Gasteiger partial charge in [-0.05, 0) is 13.3 Å². The van der Waals surface area contributed by atoms with E-state index in [0.717, 1.165) is 56.1 Å². The van der Waals surface area contributed by atoms with Crippen molar-refractivity contribution in [3.8, 4) is 17.3 Å². The minimum absolute atomic E-state index is 0.0393. The lowest BCUT2D eigenvalue weighted by Gasteiger charge is -2.30. The minimum Gasteiger partial charge on any atom is -0.481 e. The zero-order valence-electron chi connectivity index (χ0n) is 17.5. The zero-order chi connectivity index (χ0) is 20.6. The molecule has 7 heteroatoms. The van der Waals surface area contributed by atoms with Crippen LogP contribution in [0.15, 0.2) is 30.3 Å². The molecule has 1 aliphatic heterocycles. The highest BCUT2D eigenvalue weighted by atomic mass is 16.5. The van der Waals surface area contributed by atoms with Crippen LogP contribution in [0.3, 0.4) is 0 Å². The second kappa shape index (κ2) is 10.3. The Bertz CT molecular complexity index is 807. The summed E-state index contributed by atoms with van der Waals surface area (Å²) < 4.78 is 10.9. The molecule has 3 rings (SSSR count). The number of aromatic nitrogens is 2. The standard InChI is InChI=1S/C22H30N4O3/c1-4-18(15-26-10-12-29-13-11-26)24-20(27)14-19-16(2)23-21(25-22(19)28-3)17-8-6-5-7-9-17/h5-9,18H,4,10-15H2,1-3H3,(H,24,27)/t18-/m1/s1. The van der Waals surface area contributed by atoms with Crippen molar-refractivity contribution in [2.24, 2.45) is 0 Å². The van der Waals surface area contributed by atoms with Gasteiger partial charge in [0, 0.05) is 42.5 Å². The van der Waals surface area contributed by atoms with Gasteiger partial charge in [-0.15, -0.1) is 0 Å². The van der Waals surface area contributed by atoms with E-state index in [0.29, 0.717) is 11.7 Å². The topological polar surface area (TPSA) is 76.6 Å². The lowest BCUT2D eigenvalue weighted by atomic mass is 10.1. The fraction of sp³-hybridized carbons (Fsp3) is 0.500. The fourth-order valence-electron chi connectivity index (χ4n) is 3.47. The molecular formula is C22H30N4O3. The number of hydrogen-bond acceptors (Lipinski definition) is 6. The maximum atomic E-state index is 12.7. The van der Waals surface area contributed by atoms with E-state index in [-0.39, 0.29) is 18.4 Å². The maximum Gasteiger partial charge on any atom is 0.224 e. The number of ether oxygens (including phenoxy) is 2. The first-order chi connectivity index (χ1) is 14.1. The van der Waals surface area contributed by atoms with E-state index >= 15 is 0 Å². The summed E-state index contributed by atoms with van der Waals surface area (Å²) >= 11 is 0. The van der Waals surface area contributed by atoms with Crippen molar-refractivity contribution in [1.82, 2.24) is 20.2 Å². The summed E-state index contributed by atoms with van der Waals surface area (Å²) in [7, 11) is 1.57. The summed E-state index contributed by atoms with van der Waals surface area (Å²) in [5, 5.41) is 3.15. The van der Waals surface area contributed by atoms with E-state index in [1.807, 2.05) is 37.3 Å². The summed E-state index contributed by atoms with van der Waals surface area (Å²) in [4.78, 5) is 24.2. The van der Waals surface area contributed by atoms with Crippen molar-refractivity contribution in [3.05, 3.63) is 41.6 Å². The molecule has 0 spiro atoms. The zero-order valence-corrected chi connectivity index (χ0v) is 17.5. The van der Waals surface area contributed by atoms with Crippen LogP contribution in [-0.4, -0.2) is 66.8 Å². The van der Waals surface area contributed by atoms with Gasteiger partial charge in [-0.1, -0.05) is 37.3 Å². The Morgan fingerprint density at radius 1 is 1.24 bits per heavy atom. The van der Waals surface area contributed by atoms with Gasteiger partial charge in [-0.3, -0.25) is 9.69 Å². The van der Waals surface area contributed by atoms with Crippen molar-refractivity contribution < 1.29 is 14.3 Å². The summed E-state index contributed by atoms with van der Waals surface area (Å²) in [5.41, 5.74) is 2.40. The van der Waals surface area contributed by atoms with Gasteiger partial charge in [-0.2, -0.15) is 4.98 Å². The molecule has 0 aliphatic carbocycles.